The van der Waals surface area contributed by atoms with Crippen molar-refractivity contribution in [2.45, 2.75) is 83.1 Å². The minimum Gasteiger partial charge on any atom is -0.478 e. The summed E-state index contributed by atoms with van der Waals surface area (Å²) in [6.07, 6.45) is 7.56. The maximum absolute atomic E-state index is 6.12. The fraction of sp³-hybridized carbons (Fsp3) is 1.00. The molecule has 0 aliphatic rings. The van der Waals surface area contributed by atoms with E-state index in [1.54, 1.807) is 0 Å². The Labute approximate surface area is 113 Å². The predicted molar refractivity (Wildman–Crippen MR) is 76.6 cm³/mol. The van der Waals surface area contributed by atoms with Crippen LogP contribution in [0.25, 0.3) is 0 Å². The second kappa shape index (κ2) is 12.9. The average Bonchev–Trinajstić information content (AvgIpc) is 2.33. The summed E-state index contributed by atoms with van der Waals surface area (Å²) in [5.41, 5.74) is 0. The summed E-state index contributed by atoms with van der Waals surface area (Å²) in [5.74, 6) is 0. The van der Waals surface area contributed by atoms with Crippen molar-refractivity contribution in [3.8, 4) is 0 Å². The lowest BCUT2D eigenvalue weighted by Gasteiger charge is -2.20. The molecule has 0 fully saturated rings. The molecule has 0 spiro atoms. The van der Waals surface area contributed by atoms with Crippen LogP contribution in [0.1, 0.15) is 66.2 Å². The lowest BCUT2D eigenvalue weighted by Crippen LogP contribution is -2.26. The summed E-state index contributed by atoms with van der Waals surface area (Å²) in [4.78, 5) is 0. The topological polar surface area (TPSA) is 18.5 Å². The van der Waals surface area contributed by atoms with Crippen LogP contribution in [0.2, 0.25) is 10.6 Å². The highest BCUT2D eigenvalue weighted by molar-refractivity contribution is 6.51. The van der Waals surface area contributed by atoms with Crippen LogP contribution in [0.5, 0.6) is 0 Å². The minimum atomic E-state index is -1.00. The van der Waals surface area contributed by atoms with Crippen molar-refractivity contribution < 1.29 is 8.53 Å². The Balaban J connectivity index is 3.76. The smallest absolute Gasteiger partial charge is 0.462 e. The molecule has 1 atom stereocenters. The number of hydrogen-bond acceptors (Lipinski definition) is 2. The average molecular weight is 258 g/mol. The minimum absolute atomic E-state index is 0.0203. The van der Waals surface area contributed by atoms with E-state index in [9.17, 15) is 0 Å². The van der Waals surface area contributed by atoms with Gasteiger partial charge in [0.25, 0.3) is 0 Å². The van der Waals surface area contributed by atoms with E-state index in [0.717, 1.165) is 13.0 Å². The molecule has 0 aromatic heterocycles. The molecule has 0 N–H and O–H groups in total. The lowest BCUT2D eigenvalue weighted by atomic mass is 10.4. The SMILES string of the molecule is CCCCOC(C)[O][Al]([CH2]CCC)[CH2]CCC. The molecule has 0 aliphatic carbocycles. The first kappa shape index (κ1) is 17.5. The fourth-order valence-electron chi connectivity index (χ4n) is 1.85. The summed E-state index contributed by atoms with van der Waals surface area (Å²) in [7, 11) is 0. The van der Waals surface area contributed by atoms with Gasteiger partial charge >= 0.3 is 14.5 Å². The molecular formula is C14H31AlO2. The third-order valence-electron chi connectivity index (χ3n) is 2.99. The highest BCUT2D eigenvalue weighted by Gasteiger charge is 2.21. The van der Waals surface area contributed by atoms with Crippen molar-refractivity contribution in [2.24, 2.45) is 0 Å². The van der Waals surface area contributed by atoms with Crippen LogP contribution in [-0.2, 0) is 8.53 Å². The Bertz CT molecular complexity index is 145. The number of unbranched alkanes of at least 4 members (excludes halogenated alkanes) is 3. The van der Waals surface area contributed by atoms with Gasteiger partial charge in [-0.2, -0.15) is 0 Å². The van der Waals surface area contributed by atoms with E-state index in [0.29, 0.717) is 0 Å². The molecule has 2 nitrogen and oxygen atoms in total. The molecule has 0 amide bonds. The molecule has 0 bridgehead atoms. The fourth-order valence-corrected chi connectivity index (χ4v) is 4.76. The zero-order valence-electron chi connectivity index (χ0n) is 12.3. The maximum atomic E-state index is 6.12. The molecule has 1 unspecified atom stereocenters. The van der Waals surface area contributed by atoms with E-state index in [2.05, 4.69) is 27.7 Å². The van der Waals surface area contributed by atoms with Crippen molar-refractivity contribution in [1.82, 2.24) is 0 Å². The third-order valence-corrected chi connectivity index (χ3v) is 5.87. The predicted octanol–water partition coefficient (Wildman–Crippen LogP) is 4.76. The Morgan fingerprint density at radius 2 is 1.41 bits per heavy atom. The first-order valence-corrected chi connectivity index (χ1v) is 9.62. The molecule has 0 rings (SSSR count). The largest absolute Gasteiger partial charge is 0.478 e. The van der Waals surface area contributed by atoms with Crippen LogP contribution >= 0.6 is 0 Å². The molecule has 0 heterocycles. The van der Waals surface area contributed by atoms with Gasteiger partial charge < -0.3 is 8.53 Å². The molecule has 0 aromatic rings. The standard InChI is InChI=1S/C6H13O2.2C4H9.Al/c1-3-4-5-8-6(2)7;2*1-3-4-2;/h6H,3-5H2,1-2H3;2*1,3-4H2,2H3;/q-1;;;+1. The summed E-state index contributed by atoms with van der Waals surface area (Å²) in [5, 5.41) is 2.63. The summed E-state index contributed by atoms with van der Waals surface area (Å²) >= 11 is -1.00. The molecule has 102 valence electrons. The van der Waals surface area contributed by atoms with Crippen LogP contribution in [0.4, 0.5) is 0 Å². The van der Waals surface area contributed by atoms with Crippen molar-refractivity contribution in [1.29, 1.82) is 0 Å². The van der Waals surface area contributed by atoms with Gasteiger partial charge in [0.05, 0.1) is 0 Å². The van der Waals surface area contributed by atoms with Gasteiger partial charge in [-0.3, -0.25) is 0 Å². The van der Waals surface area contributed by atoms with E-state index in [-0.39, 0.29) is 6.29 Å². The molecule has 0 saturated carbocycles. The summed E-state index contributed by atoms with van der Waals surface area (Å²) < 4.78 is 11.8. The Hall–Kier alpha value is 0.452. The highest BCUT2D eigenvalue weighted by Crippen LogP contribution is 2.13. The first-order valence-electron chi connectivity index (χ1n) is 7.51. The van der Waals surface area contributed by atoms with Gasteiger partial charge in [0.2, 0.25) is 0 Å². The number of ether oxygens (including phenoxy) is 1. The lowest BCUT2D eigenvalue weighted by molar-refractivity contribution is -0.0705. The second-order valence-corrected chi connectivity index (χ2v) is 7.51. The van der Waals surface area contributed by atoms with Gasteiger partial charge in [-0.15, -0.1) is 0 Å². The Kier molecular flexibility index (Phi) is 13.2. The Morgan fingerprint density at radius 1 is 0.882 bits per heavy atom. The highest BCUT2D eigenvalue weighted by atomic mass is 27.2. The quantitative estimate of drug-likeness (QED) is 0.285. The van der Waals surface area contributed by atoms with Gasteiger partial charge in [0.1, 0.15) is 6.29 Å². The first-order chi connectivity index (χ1) is 8.24. The van der Waals surface area contributed by atoms with Crippen LogP contribution in [0, 0.1) is 0 Å². The number of rotatable bonds is 12. The van der Waals surface area contributed by atoms with E-state index in [4.69, 9.17) is 8.53 Å². The van der Waals surface area contributed by atoms with E-state index in [1.165, 1.54) is 42.7 Å². The molecule has 0 radical (unpaired) electrons. The Morgan fingerprint density at radius 3 is 1.88 bits per heavy atom. The zero-order valence-corrected chi connectivity index (χ0v) is 13.5. The molecule has 0 aliphatic heterocycles. The van der Waals surface area contributed by atoms with Crippen molar-refractivity contribution >= 4 is 14.5 Å². The third kappa shape index (κ3) is 11.3. The summed E-state index contributed by atoms with van der Waals surface area (Å²) in [6, 6.07) is 0. The summed E-state index contributed by atoms with van der Waals surface area (Å²) in [6.45, 7) is 9.61. The van der Waals surface area contributed by atoms with Gasteiger partial charge in [-0.25, -0.2) is 0 Å². The van der Waals surface area contributed by atoms with Gasteiger partial charge in [0, 0.05) is 6.61 Å². The molecule has 17 heavy (non-hydrogen) atoms. The molecule has 0 saturated heterocycles. The monoisotopic (exact) mass is 258 g/mol. The van der Waals surface area contributed by atoms with Gasteiger partial charge in [0.15, 0.2) is 0 Å². The molecular weight excluding hydrogens is 227 g/mol. The zero-order chi connectivity index (χ0) is 12.9. The molecule has 0 aromatic carbocycles. The molecule has 3 heteroatoms. The van der Waals surface area contributed by atoms with Crippen LogP contribution in [0.15, 0.2) is 0 Å². The van der Waals surface area contributed by atoms with Crippen LogP contribution < -0.4 is 0 Å². The normalized spacial score (nSPS) is 12.7. The van der Waals surface area contributed by atoms with E-state index < -0.39 is 14.5 Å². The van der Waals surface area contributed by atoms with E-state index in [1.807, 2.05) is 0 Å². The number of hydrogen-bond donors (Lipinski definition) is 0. The van der Waals surface area contributed by atoms with Crippen LogP contribution in [-0.4, -0.2) is 27.4 Å². The van der Waals surface area contributed by atoms with Crippen molar-refractivity contribution in [3.63, 3.8) is 0 Å². The maximum Gasteiger partial charge on any atom is 0.462 e. The van der Waals surface area contributed by atoms with Gasteiger partial charge in [-0.1, -0.05) is 63.4 Å². The van der Waals surface area contributed by atoms with E-state index >= 15 is 0 Å². The van der Waals surface area contributed by atoms with Crippen LogP contribution in [0.3, 0.4) is 0 Å². The van der Waals surface area contributed by atoms with Crippen molar-refractivity contribution in [2.75, 3.05) is 6.61 Å². The van der Waals surface area contributed by atoms with Gasteiger partial charge in [-0.05, 0) is 13.3 Å². The second-order valence-electron chi connectivity index (χ2n) is 4.83. The van der Waals surface area contributed by atoms with Crippen molar-refractivity contribution in [3.05, 3.63) is 0 Å².